The quantitative estimate of drug-likeness (QED) is 0.775. The van der Waals surface area contributed by atoms with Crippen LogP contribution in [0.4, 0.5) is 0 Å². The van der Waals surface area contributed by atoms with Gasteiger partial charge in [-0.2, -0.15) is 0 Å². The summed E-state index contributed by atoms with van der Waals surface area (Å²) in [6.45, 7) is 9.47. The molecule has 112 valence electrons. The Hall–Kier alpha value is -0.900. The fraction of sp³-hybridized carbons (Fsp3) is 0.647. The molecule has 0 spiro atoms. The zero-order chi connectivity index (χ0) is 14.2. The first-order valence-electron chi connectivity index (χ1n) is 7.96. The zero-order valence-electron chi connectivity index (χ0n) is 12.8. The molecule has 1 N–H and O–H groups in total. The Morgan fingerprint density at radius 3 is 2.80 bits per heavy atom. The molecule has 1 aliphatic rings. The summed E-state index contributed by atoms with van der Waals surface area (Å²) in [6.07, 6.45) is 2.67. The summed E-state index contributed by atoms with van der Waals surface area (Å²) in [5.74, 6) is 0. The summed E-state index contributed by atoms with van der Waals surface area (Å²) in [4.78, 5) is 2.58. The second-order valence-electron chi connectivity index (χ2n) is 5.53. The van der Waals surface area contributed by atoms with Crippen LogP contribution >= 0.6 is 0 Å². The van der Waals surface area contributed by atoms with Crippen LogP contribution < -0.4 is 5.32 Å². The molecule has 0 aromatic heterocycles. The van der Waals surface area contributed by atoms with Gasteiger partial charge in [0.15, 0.2) is 0 Å². The van der Waals surface area contributed by atoms with E-state index >= 15 is 0 Å². The molecule has 2 unspecified atom stereocenters. The number of benzene rings is 1. The van der Waals surface area contributed by atoms with Crippen molar-refractivity contribution in [3.63, 3.8) is 0 Å². The van der Waals surface area contributed by atoms with Gasteiger partial charge in [0.25, 0.3) is 0 Å². The second-order valence-corrected chi connectivity index (χ2v) is 5.53. The first-order chi connectivity index (χ1) is 9.85. The number of hydrogen-bond donors (Lipinski definition) is 1. The van der Waals surface area contributed by atoms with Gasteiger partial charge in [-0.1, -0.05) is 44.2 Å². The Labute approximate surface area is 123 Å². The average molecular weight is 276 g/mol. The molecule has 1 fully saturated rings. The molecule has 0 amide bonds. The van der Waals surface area contributed by atoms with Gasteiger partial charge in [0.2, 0.25) is 0 Å². The van der Waals surface area contributed by atoms with Crippen molar-refractivity contribution in [2.45, 2.75) is 38.8 Å². The predicted octanol–water partition coefficient (Wildman–Crippen LogP) is 2.84. The molecule has 0 saturated carbocycles. The van der Waals surface area contributed by atoms with Crippen molar-refractivity contribution in [1.29, 1.82) is 0 Å². The van der Waals surface area contributed by atoms with Gasteiger partial charge >= 0.3 is 0 Å². The number of hydrogen-bond acceptors (Lipinski definition) is 3. The lowest BCUT2D eigenvalue weighted by Gasteiger charge is -2.38. The molecule has 1 aromatic rings. The lowest BCUT2D eigenvalue weighted by Crippen LogP contribution is -2.46. The van der Waals surface area contributed by atoms with Crippen LogP contribution in [-0.4, -0.2) is 43.8 Å². The Kier molecular flexibility index (Phi) is 6.51. The second kappa shape index (κ2) is 8.40. The molecule has 3 heteroatoms. The molecule has 1 heterocycles. The third-order valence-corrected chi connectivity index (χ3v) is 4.02. The molecule has 2 atom stereocenters. The van der Waals surface area contributed by atoms with Crippen LogP contribution in [0.25, 0.3) is 0 Å². The van der Waals surface area contributed by atoms with Gasteiger partial charge in [-0.3, -0.25) is 4.90 Å². The minimum Gasteiger partial charge on any atom is -0.376 e. The number of nitrogens with zero attached hydrogens (tertiary/aromatic N) is 1. The van der Waals surface area contributed by atoms with Gasteiger partial charge in [-0.25, -0.2) is 0 Å². The van der Waals surface area contributed by atoms with E-state index < -0.39 is 0 Å². The predicted molar refractivity (Wildman–Crippen MR) is 83.9 cm³/mol. The molecule has 1 aromatic carbocycles. The van der Waals surface area contributed by atoms with E-state index in [1.807, 2.05) is 0 Å². The SMILES string of the molecule is CCCNCC(c1ccccc1)N1CCOC(CC)C1. The number of nitrogens with one attached hydrogen (secondary N) is 1. The van der Waals surface area contributed by atoms with Crippen LogP contribution in [0.3, 0.4) is 0 Å². The average Bonchev–Trinajstić information content (AvgIpc) is 2.52. The highest BCUT2D eigenvalue weighted by atomic mass is 16.5. The van der Waals surface area contributed by atoms with Crippen LogP contribution in [0, 0.1) is 0 Å². The maximum Gasteiger partial charge on any atom is 0.0700 e. The minimum absolute atomic E-state index is 0.390. The summed E-state index contributed by atoms with van der Waals surface area (Å²) in [7, 11) is 0. The number of ether oxygens (including phenoxy) is 1. The standard InChI is InChI=1S/C17H28N2O/c1-3-10-18-13-17(15-8-6-5-7-9-15)19-11-12-20-16(4-2)14-19/h5-9,16-18H,3-4,10-14H2,1-2H3. The van der Waals surface area contributed by atoms with Crippen molar-refractivity contribution in [2.24, 2.45) is 0 Å². The van der Waals surface area contributed by atoms with Gasteiger partial charge in [-0.15, -0.1) is 0 Å². The van der Waals surface area contributed by atoms with Crippen LogP contribution in [0.15, 0.2) is 30.3 Å². The first-order valence-corrected chi connectivity index (χ1v) is 7.96. The maximum atomic E-state index is 5.81. The van der Waals surface area contributed by atoms with Gasteiger partial charge in [0.05, 0.1) is 12.7 Å². The lowest BCUT2D eigenvalue weighted by atomic mass is 10.0. The van der Waals surface area contributed by atoms with Gasteiger partial charge < -0.3 is 10.1 Å². The fourth-order valence-electron chi connectivity index (χ4n) is 2.82. The van der Waals surface area contributed by atoms with Crippen molar-refractivity contribution in [3.05, 3.63) is 35.9 Å². The van der Waals surface area contributed by atoms with E-state index in [9.17, 15) is 0 Å². The van der Waals surface area contributed by atoms with Crippen LogP contribution in [0.1, 0.15) is 38.3 Å². The molecular formula is C17H28N2O. The third kappa shape index (κ3) is 4.30. The molecule has 3 nitrogen and oxygen atoms in total. The topological polar surface area (TPSA) is 24.5 Å². The lowest BCUT2D eigenvalue weighted by molar-refractivity contribution is -0.0447. The fourth-order valence-corrected chi connectivity index (χ4v) is 2.82. The summed E-state index contributed by atoms with van der Waals surface area (Å²) in [5, 5.41) is 3.58. The van der Waals surface area contributed by atoms with Crippen molar-refractivity contribution in [3.8, 4) is 0 Å². The number of morpholine rings is 1. The monoisotopic (exact) mass is 276 g/mol. The highest BCUT2D eigenvalue weighted by molar-refractivity contribution is 5.19. The van der Waals surface area contributed by atoms with Crippen molar-refractivity contribution >= 4 is 0 Å². The number of rotatable bonds is 7. The van der Waals surface area contributed by atoms with E-state index in [2.05, 4.69) is 54.4 Å². The Morgan fingerprint density at radius 2 is 2.10 bits per heavy atom. The minimum atomic E-state index is 0.390. The third-order valence-electron chi connectivity index (χ3n) is 4.02. The summed E-state index contributed by atoms with van der Waals surface area (Å²) in [6, 6.07) is 11.3. The Morgan fingerprint density at radius 1 is 1.30 bits per heavy atom. The van der Waals surface area contributed by atoms with Crippen molar-refractivity contribution in [1.82, 2.24) is 10.2 Å². The Balaban J connectivity index is 2.05. The van der Waals surface area contributed by atoms with E-state index in [0.29, 0.717) is 12.1 Å². The van der Waals surface area contributed by atoms with Gasteiger partial charge in [0.1, 0.15) is 0 Å². The molecule has 0 radical (unpaired) electrons. The molecular weight excluding hydrogens is 248 g/mol. The van der Waals surface area contributed by atoms with E-state index in [0.717, 1.165) is 39.2 Å². The Bertz CT molecular complexity index is 369. The van der Waals surface area contributed by atoms with Crippen molar-refractivity contribution in [2.75, 3.05) is 32.8 Å². The zero-order valence-corrected chi connectivity index (χ0v) is 12.8. The van der Waals surface area contributed by atoms with Gasteiger partial charge in [0, 0.05) is 25.7 Å². The smallest absolute Gasteiger partial charge is 0.0700 e. The van der Waals surface area contributed by atoms with E-state index in [1.165, 1.54) is 12.0 Å². The van der Waals surface area contributed by atoms with Crippen LogP contribution in [-0.2, 0) is 4.74 Å². The molecule has 1 aliphatic heterocycles. The highest BCUT2D eigenvalue weighted by Gasteiger charge is 2.26. The largest absolute Gasteiger partial charge is 0.376 e. The van der Waals surface area contributed by atoms with Gasteiger partial charge in [-0.05, 0) is 24.9 Å². The van der Waals surface area contributed by atoms with Crippen LogP contribution in [0.5, 0.6) is 0 Å². The first kappa shape index (κ1) is 15.5. The molecule has 0 bridgehead atoms. The summed E-state index contributed by atoms with van der Waals surface area (Å²) >= 11 is 0. The molecule has 2 rings (SSSR count). The summed E-state index contributed by atoms with van der Waals surface area (Å²) < 4.78 is 5.81. The van der Waals surface area contributed by atoms with E-state index in [1.54, 1.807) is 0 Å². The highest BCUT2D eigenvalue weighted by Crippen LogP contribution is 2.23. The molecule has 0 aliphatic carbocycles. The molecule has 20 heavy (non-hydrogen) atoms. The maximum absolute atomic E-state index is 5.81. The van der Waals surface area contributed by atoms with E-state index in [-0.39, 0.29) is 0 Å². The normalized spacial score (nSPS) is 21.8. The molecule has 1 saturated heterocycles. The summed E-state index contributed by atoms with van der Waals surface area (Å²) in [5.41, 5.74) is 1.41. The van der Waals surface area contributed by atoms with Crippen molar-refractivity contribution < 1.29 is 4.74 Å². The van der Waals surface area contributed by atoms with Crippen LogP contribution in [0.2, 0.25) is 0 Å². The van der Waals surface area contributed by atoms with E-state index in [4.69, 9.17) is 4.74 Å².